The first-order chi connectivity index (χ1) is 26.6. The maximum absolute atomic E-state index is 12.5. The van der Waals surface area contributed by atoms with Gasteiger partial charge in [0.2, 0.25) is 0 Å². The number of likely N-dealkylation sites (N-methyl/N-ethyl adjacent to an activating group) is 1. The number of phosphoric ester groups is 1. The SMILES string of the molecule is CC/C=C\C/C=C\C/C=C\C/C=C\C/C=C\C/C=C\CCCCCCCCCOCC(COP(=O)(O)OCC[N+](C)(C)C)OC(=O)CCCCCCCCC. The molecule has 9 heteroatoms. The smallest absolute Gasteiger partial charge is 0.457 e. The molecule has 8 nitrogen and oxygen atoms in total. The molecule has 0 fully saturated rings. The van der Waals surface area contributed by atoms with Gasteiger partial charge in [0.1, 0.15) is 19.3 Å². The van der Waals surface area contributed by atoms with Crippen molar-refractivity contribution in [1.29, 1.82) is 0 Å². The molecule has 0 radical (unpaired) electrons. The van der Waals surface area contributed by atoms with Gasteiger partial charge in [-0.15, -0.1) is 0 Å². The first-order valence-electron chi connectivity index (χ1n) is 21.7. The molecule has 0 aromatic heterocycles. The van der Waals surface area contributed by atoms with E-state index in [1.165, 1.54) is 57.8 Å². The van der Waals surface area contributed by atoms with E-state index < -0.39 is 13.9 Å². The lowest BCUT2D eigenvalue weighted by Crippen LogP contribution is -2.37. The van der Waals surface area contributed by atoms with Crippen LogP contribution >= 0.6 is 7.82 Å². The van der Waals surface area contributed by atoms with Crippen LogP contribution in [0.3, 0.4) is 0 Å². The van der Waals surface area contributed by atoms with Crippen LogP contribution < -0.4 is 0 Å². The van der Waals surface area contributed by atoms with Crippen LogP contribution in [0.15, 0.2) is 72.9 Å². The maximum atomic E-state index is 12.5. The highest BCUT2D eigenvalue weighted by molar-refractivity contribution is 7.47. The van der Waals surface area contributed by atoms with E-state index in [-0.39, 0.29) is 25.8 Å². The fraction of sp³-hybridized carbons (Fsp3) is 0.717. The monoisotopic (exact) mass is 793 g/mol. The van der Waals surface area contributed by atoms with E-state index in [0.717, 1.165) is 77.0 Å². The number of phosphoric acid groups is 1. The van der Waals surface area contributed by atoms with Crippen LogP contribution in [-0.4, -0.2) is 75.6 Å². The Kier molecular flexibility index (Phi) is 37.3. The second kappa shape index (κ2) is 38.8. The van der Waals surface area contributed by atoms with Gasteiger partial charge in [0.15, 0.2) is 0 Å². The van der Waals surface area contributed by atoms with E-state index in [1.54, 1.807) is 0 Å². The lowest BCUT2D eigenvalue weighted by Gasteiger charge is -2.24. The molecule has 0 aromatic carbocycles. The first-order valence-corrected chi connectivity index (χ1v) is 23.2. The Bertz CT molecular complexity index is 1110. The van der Waals surface area contributed by atoms with Crippen molar-refractivity contribution in [2.24, 2.45) is 0 Å². The zero-order chi connectivity index (χ0) is 40.6. The number of rotatable bonds is 39. The van der Waals surface area contributed by atoms with Crippen LogP contribution in [0.1, 0.15) is 155 Å². The predicted molar refractivity (Wildman–Crippen MR) is 233 cm³/mol. The molecular formula is C46H83NO7P+. The third kappa shape index (κ3) is 42.9. The van der Waals surface area contributed by atoms with Crippen LogP contribution in [0.4, 0.5) is 0 Å². The van der Waals surface area contributed by atoms with Gasteiger partial charge in [0.05, 0.1) is 34.4 Å². The average Bonchev–Trinajstić information content (AvgIpc) is 3.13. The minimum Gasteiger partial charge on any atom is -0.457 e. The third-order valence-corrected chi connectivity index (χ3v) is 9.77. The molecule has 0 amide bonds. The second-order valence-electron chi connectivity index (χ2n) is 15.3. The molecule has 0 aliphatic rings. The number of nitrogens with zero attached hydrogens (tertiary/aromatic N) is 1. The highest BCUT2D eigenvalue weighted by atomic mass is 31.2. The Morgan fingerprint density at radius 2 is 1.05 bits per heavy atom. The zero-order valence-corrected chi connectivity index (χ0v) is 36.8. The van der Waals surface area contributed by atoms with Gasteiger partial charge in [-0.3, -0.25) is 13.8 Å². The number of allylic oxidation sites excluding steroid dienone is 12. The Hall–Kier alpha value is -2.06. The number of carbonyl (C=O) groups is 1. The first kappa shape index (κ1) is 52.9. The zero-order valence-electron chi connectivity index (χ0n) is 35.9. The molecule has 0 spiro atoms. The molecule has 0 aromatic rings. The van der Waals surface area contributed by atoms with Gasteiger partial charge in [-0.25, -0.2) is 4.57 Å². The van der Waals surface area contributed by atoms with Crippen LogP contribution in [0.5, 0.6) is 0 Å². The molecule has 0 heterocycles. The van der Waals surface area contributed by atoms with Crippen molar-refractivity contribution in [3.05, 3.63) is 72.9 Å². The van der Waals surface area contributed by atoms with Gasteiger partial charge in [-0.05, 0) is 64.2 Å². The largest absolute Gasteiger partial charge is 0.472 e. The molecule has 0 aliphatic carbocycles. The van der Waals surface area contributed by atoms with Crippen LogP contribution in [-0.2, 0) is 27.9 Å². The number of hydrogen-bond donors (Lipinski definition) is 1. The number of unbranched alkanes of at least 4 members (excludes halogenated alkanes) is 13. The minimum atomic E-state index is -4.27. The summed E-state index contributed by atoms with van der Waals surface area (Å²) in [6.45, 7) is 5.41. The summed E-state index contributed by atoms with van der Waals surface area (Å²) in [7, 11) is 1.65. The highest BCUT2D eigenvalue weighted by Crippen LogP contribution is 2.43. The van der Waals surface area contributed by atoms with Crippen molar-refractivity contribution in [2.75, 3.05) is 54.1 Å². The summed E-state index contributed by atoms with van der Waals surface area (Å²) in [6.07, 6.45) is 49.6. The number of hydrogen-bond acceptors (Lipinski definition) is 6. The van der Waals surface area contributed by atoms with E-state index in [2.05, 4.69) is 86.8 Å². The Balaban J connectivity index is 4.09. The van der Waals surface area contributed by atoms with Gasteiger partial charge < -0.3 is 18.9 Å². The standard InChI is InChI=1S/C46H82NO7P/c1-6-8-10-12-14-15-16-17-18-19-20-21-22-23-24-25-26-27-28-29-30-31-32-34-36-38-41-51-43-45(44-53-55(49,50)52-42-40-47(3,4)5)54-46(48)39-37-35-33-13-11-9-7-2/h8,10,14-15,17-18,20-21,23-24,26-27,45H,6-7,9,11-13,16,19,22,25,28-44H2,1-5H3/p+1/b10-8-,15-14-,18-17-,21-20-,24-23-,27-26-. The molecule has 1 N–H and O–H groups in total. The van der Waals surface area contributed by atoms with Crippen molar-refractivity contribution in [1.82, 2.24) is 0 Å². The van der Waals surface area contributed by atoms with Gasteiger partial charge >= 0.3 is 13.8 Å². The summed E-state index contributed by atoms with van der Waals surface area (Å²) in [4.78, 5) is 22.7. The van der Waals surface area contributed by atoms with E-state index in [0.29, 0.717) is 24.1 Å². The number of carbonyl (C=O) groups excluding carboxylic acids is 1. The molecule has 0 bridgehead atoms. The lowest BCUT2D eigenvalue weighted by molar-refractivity contribution is -0.870. The van der Waals surface area contributed by atoms with Crippen LogP contribution in [0.2, 0.25) is 0 Å². The van der Waals surface area contributed by atoms with Crippen molar-refractivity contribution in [2.45, 2.75) is 161 Å². The van der Waals surface area contributed by atoms with E-state index in [1.807, 2.05) is 21.1 Å². The molecule has 0 aliphatic heterocycles. The Labute approximate surface area is 338 Å². The predicted octanol–water partition coefficient (Wildman–Crippen LogP) is 12.7. The number of ether oxygens (including phenoxy) is 2. The van der Waals surface area contributed by atoms with Crippen molar-refractivity contribution >= 4 is 13.8 Å². The minimum absolute atomic E-state index is 0.0833. The van der Waals surface area contributed by atoms with Crippen molar-refractivity contribution < 1.29 is 37.3 Å². The Morgan fingerprint density at radius 1 is 0.582 bits per heavy atom. The van der Waals surface area contributed by atoms with Gasteiger partial charge in [0.25, 0.3) is 0 Å². The van der Waals surface area contributed by atoms with Crippen molar-refractivity contribution in [3.8, 4) is 0 Å². The fourth-order valence-electron chi connectivity index (χ4n) is 5.44. The number of quaternary nitrogens is 1. The second-order valence-corrected chi connectivity index (χ2v) is 16.8. The molecule has 0 saturated carbocycles. The summed E-state index contributed by atoms with van der Waals surface area (Å²) >= 11 is 0. The summed E-state index contributed by atoms with van der Waals surface area (Å²) in [5.41, 5.74) is 0. The summed E-state index contributed by atoms with van der Waals surface area (Å²) in [6, 6.07) is 0. The average molecular weight is 793 g/mol. The molecule has 0 rings (SSSR count). The van der Waals surface area contributed by atoms with E-state index in [9.17, 15) is 14.3 Å². The molecule has 0 saturated heterocycles. The molecule has 2 atom stereocenters. The van der Waals surface area contributed by atoms with Gasteiger partial charge in [0, 0.05) is 13.0 Å². The molecule has 55 heavy (non-hydrogen) atoms. The third-order valence-electron chi connectivity index (χ3n) is 8.78. The quantitative estimate of drug-likeness (QED) is 0.0218. The van der Waals surface area contributed by atoms with Gasteiger partial charge in [-0.2, -0.15) is 0 Å². The topological polar surface area (TPSA) is 91.3 Å². The molecule has 2 unspecified atom stereocenters. The normalized spacial score (nSPS) is 14.5. The summed E-state index contributed by atoms with van der Waals surface area (Å²) in [5, 5.41) is 0. The molecule has 318 valence electrons. The number of esters is 1. The summed E-state index contributed by atoms with van der Waals surface area (Å²) < 4.78 is 34.8. The van der Waals surface area contributed by atoms with Crippen molar-refractivity contribution in [3.63, 3.8) is 0 Å². The van der Waals surface area contributed by atoms with Gasteiger partial charge in [-0.1, -0.05) is 157 Å². The van der Waals surface area contributed by atoms with E-state index >= 15 is 0 Å². The Morgan fingerprint density at radius 3 is 1.58 bits per heavy atom. The van der Waals surface area contributed by atoms with E-state index in [4.69, 9.17) is 18.5 Å². The fourth-order valence-corrected chi connectivity index (χ4v) is 6.18. The lowest BCUT2D eigenvalue weighted by atomic mass is 10.1. The van der Waals surface area contributed by atoms with Crippen LogP contribution in [0, 0.1) is 0 Å². The highest BCUT2D eigenvalue weighted by Gasteiger charge is 2.26. The van der Waals surface area contributed by atoms with Crippen LogP contribution in [0.25, 0.3) is 0 Å². The summed E-state index contributed by atoms with van der Waals surface area (Å²) in [5.74, 6) is -0.328. The maximum Gasteiger partial charge on any atom is 0.472 e. The molecular weight excluding hydrogens is 709 g/mol.